The monoisotopic (exact) mass is 406 g/mol. The van der Waals surface area contributed by atoms with E-state index in [1.54, 1.807) is 55.5 Å². The van der Waals surface area contributed by atoms with Crippen LogP contribution in [0.15, 0.2) is 66.9 Å². The minimum absolute atomic E-state index is 0.0334. The molecule has 0 aromatic heterocycles. The van der Waals surface area contributed by atoms with Gasteiger partial charge in [0, 0.05) is 12.1 Å². The highest BCUT2D eigenvalue weighted by Crippen LogP contribution is 2.26. The number of rotatable bonds is 7. The van der Waals surface area contributed by atoms with Crippen molar-refractivity contribution >= 4 is 35.1 Å². The molecule has 1 fully saturated rings. The summed E-state index contributed by atoms with van der Waals surface area (Å²) in [7, 11) is 0. The Hall–Kier alpha value is -3.94. The van der Waals surface area contributed by atoms with Gasteiger partial charge in [-0.25, -0.2) is 4.79 Å². The molecule has 0 saturated carbocycles. The van der Waals surface area contributed by atoms with Gasteiger partial charge in [-0.3, -0.25) is 24.6 Å². The van der Waals surface area contributed by atoms with Crippen molar-refractivity contribution in [3.05, 3.63) is 72.4 Å². The molecular formula is C22H22N4O4. The third kappa shape index (κ3) is 4.54. The average Bonchev–Trinajstić information content (AvgIpc) is 2.73. The molecule has 3 rings (SSSR count). The topological polar surface area (TPSA) is 108 Å². The molecule has 0 unspecified atom stereocenters. The van der Waals surface area contributed by atoms with Crippen molar-refractivity contribution in [3.8, 4) is 0 Å². The van der Waals surface area contributed by atoms with Crippen LogP contribution in [-0.2, 0) is 20.9 Å². The Morgan fingerprint density at radius 2 is 1.60 bits per heavy atom. The van der Waals surface area contributed by atoms with E-state index in [4.69, 9.17) is 0 Å². The van der Waals surface area contributed by atoms with Gasteiger partial charge in [0.05, 0.1) is 17.9 Å². The van der Waals surface area contributed by atoms with Crippen molar-refractivity contribution in [3.63, 3.8) is 0 Å². The molecule has 5 amide bonds. The molecule has 2 aromatic rings. The van der Waals surface area contributed by atoms with E-state index in [-0.39, 0.29) is 18.1 Å². The van der Waals surface area contributed by atoms with Crippen molar-refractivity contribution in [2.45, 2.75) is 19.9 Å². The molecule has 8 nitrogen and oxygen atoms in total. The van der Waals surface area contributed by atoms with E-state index in [2.05, 4.69) is 22.5 Å². The number of hydrogen-bond acceptors (Lipinski definition) is 5. The summed E-state index contributed by atoms with van der Waals surface area (Å²) in [5, 5.41) is 7.90. The summed E-state index contributed by atoms with van der Waals surface area (Å²) < 4.78 is 0. The zero-order chi connectivity index (χ0) is 21.7. The number of nitrogens with one attached hydrogen (secondary N) is 3. The normalized spacial score (nSPS) is 16.1. The Kier molecular flexibility index (Phi) is 6.26. The second-order valence-corrected chi connectivity index (χ2v) is 6.73. The van der Waals surface area contributed by atoms with Gasteiger partial charge >= 0.3 is 6.03 Å². The first-order valence-electron chi connectivity index (χ1n) is 9.45. The second kappa shape index (κ2) is 9.04. The van der Waals surface area contributed by atoms with E-state index in [0.717, 1.165) is 10.5 Å². The maximum absolute atomic E-state index is 13.0. The van der Waals surface area contributed by atoms with E-state index in [0.29, 0.717) is 17.8 Å². The second-order valence-electron chi connectivity index (χ2n) is 6.73. The summed E-state index contributed by atoms with van der Waals surface area (Å²) in [6, 6.07) is 15.1. The highest BCUT2D eigenvalue weighted by molar-refractivity contribution is 6.18. The van der Waals surface area contributed by atoms with Gasteiger partial charge in [0.2, 0.25) is 17.7 Å². The lowest BCUT2D eigenvalue weighted by Crippen LogP contribution is -2.58. The number of anilines is 2. The molecule has 1 saturated heterocycles. The zero-order valence-corrected chi connectivity index (χ0v) is 16.5. The zero-order valence-electron chi connectivity index (χ0n) is 16.5. The maximum Gasteiger partial charge on any atom is 0.331 e. The van der Waals surface area contributed by atoms with Gasteiger partial charge in [0.25, 0.3) is 0 Å². The number of carbonyl (C=O) groups is 4. The maximum atomic E-state index is 13.0. The average molecular weight is 406 g/mol. The Labute approximate surface area is 173 Å². The molecule has 0 bridgehead atoms. The lowest BCUT2D eigenvalue weighted by Gasteiger charge is -2.31. The van der Waals surface area contributed by atoms with Gasteiger partial charge in [-0.15, -0.1) is 0 Å². The predicted molar refractivity (Wildman–Crippen MR) is 112 cm³/mol. The fourth-order valence-corrected chi connectivity index (χ4v) is 3.02. The van der Waals surface area contributed by atoms with E-state index in [1.165, 1.54) is 0 Å². The van der Waals surface area contributed by atoms with Crippen molar-refractivity contribution in [1.29, 1.82) is 0 Å². The minimum atomic E-state index is -1.29. The summed E-state index contributed by atoms with van der Waals surface area (Å²) in [5.74, 6) is -2.88. The first-order chi connectivity index (χ1) is 14.4. The first kappa shape index (κ1) is 20.8. The number of imide groups is 2. The van der Waals surface area contributed by atoms with Crippen molar-refractivity contribution in [2.75, 3.05) is 10.6 Å². The number of urea groups is 1. The Bertz CT molecular complexity index is 1000. The van der Waals surface area contributed by atoms with E-state index in [1.807, 2.05) is 6.07 Å². The summed E-state index contributed by atoms with van der Waals surface area (Å²) in [4.78, 5) is 50.3. The number of benzene rings is 2. The summed E-state index contributed by atoms with van der Waals surface area (Å²) >= 11 is 0. The molecule has 1 aliphatic rings. The van der Waals surface area contributed by atoms with Gasteiger partial charge in [-0.1, -0.05) is 56.0 Å². The summed E-state index contributed by atoms with van der Waals surface area (Å²) in [6.45, 7) is 5.60. The van der Waals surface area contributed by atoms with E-state index < -0.39 is 23.8 Å². The molecule has 1 aliphatic heterocycles. The van der Waals surface area contributed by atoms with Crippen LogP contribution in [0.4, 0.5) is 16.2 Å². The van der Waals surface area contributed by atoms with Crippen LogP contribution in [0.1, 0.15) is 18.9 Å². The van der Waals surface area contributed by atoms with Gasteiger partial charge in [-0.2, -0.15) is 0 Å². The smallest absolute Gasteiger partial charge is 0.331 e. The minimum Gasteiger partial charge on any atom is -0.357 e. The van der Waals surface area contributed by atoms with Crippen LogP contribution in [0.2, 0.25) is 0 Å². The fourth-order valence-electron chi connectivity index (χ4n) is 3.02. The predicted octanol–water partition coefficient (Wildman–Crippen LogP) is 2.86. The highest BCUT2D eigenvalue weighted by atomic mass is 16.2. The fraction of sp³-hybridized carbons (Fsp3) is 0.182. The van der Waals surface area contributed by atoms with Crippen molar-refractivity contribution in [2.24, 2.45) is 5.92 Å². The van der Waals surface area contributed by atoms with E-state index in [9.17, 15) is 19.2 Å². The van der Waals surface area contributed by atoms with Crippen LogP contribution in [0.25, 0.3) is 0 Å². The largest absolute Gasteiger partial charge is 0.357 e. The number of para-hydroxylation sites is 2. The third-order valence-corrected chi connectivity index (χ3v) is 4.60. The highest BCUT2D eigenvalue weighted by Gasteiger charge is 2.42. The summed E-state index contributed by atoms with van der Waals surface area (Å²) in [5.41, 5.74) is 1.82. The first-order valence-corrected chi connectivity index (χ1v) is 9.45. The number of amides is 5. The lowest BCUT2D eigenvalue weighted by atomic mass is 10.0. The van der Waals surface area contributed by atoms with Crippen LogP contribution in [0.5, 0.6) is 0 Å². The van der Waals surface area contributed by atoms with Crippen molar-refractivity contribution < 1.29 is 19.2 Å². The molecule has 154 valence electrons. The van der Waals surface area contributed by atoms with Crippen molar-refractivity contribution in [1.82, 2.24) is 10.2 Å². The quantitative estimate of drug-likeness (QED) is 0.613. The lowest BCUT2D eigenvalue weighted by molar-refractivity contribution is -0.141. The van der Waals surface area contributed by atoms with Gasteiger partial charge in [-0.05, 0) is 17.7 Å². The molecule has 1 atom stereocenters. The van der Waals surface area contributed by atoms with Crippen LogP contribution in [-0.4, -0.2) is 28.7 Å². The molecule has 2 aromatic carbocycles. The summed E-state index contributed by atoms with van der Waals surface area (Å²) in [6.07, 6.45) is 0.301. The van der Waals surface area contributed by atoms with Gasteiger partial charge < -0.3 is 10.6 Å². The number of carbonyl (C=O) groups excluding carboxylic acids is 4. The molecular weight excluding hydrogens is 384 g/mol. The molecule has 30 heavy (non-hydrogen) atoms. The van der Waals surface area contributed by atoms with Crippen LogP contribution in [0, 0.1) is 5.92 Å². The SMILES string of the molecule is C=C(Nc1ccccc1NC(=O)CC)[C@@H]1C(=O)NC(=O)N(Cc2ccccc2)C1=O. The van der Waals surface area contributed by atoms with E-state index >= 15 is 0 Å². The third-order valence-electron chi connectivity index (χ3n) is 4.60. The Balaban J connectivity index is 1.80. The number of barbiturate groups is 1. The number of hydrogen-bond donors (Lipinski definition) is 3. The van der Waals surface area contributed by atoms with Crippen LogP contribution < -0.4 is 16.0 Å². The molecule has 0 aliphatic carbocycles. The molecule has 0 radical (unpaired) electrons. The van der Waals surface area contributed by atoms with Crippen LogP contribution in [0.3, 0.4) is 0 Å². The molecule has 8 heteroatoms. The Morgan fingerprint density at radius 1 is 1.00 bits per heavy atom. The van der Waals surface area contributed by atoms with Gasteiger partial charge in [0.1, 0.15) is 0 Å². The standard InChI is InChI=1S/C22H22N4O4/c1-3-18(27)24-17-12-8-7-11-16(17)23-14(2)19-20(28)25-22(30)26(21(19)29)13-15-9-5-4-6-10-15/h4-12,19,23H,2-3,13H2,1H3,(H,24,27)(H,25,28,30)/t19-/m1/s1. The van der Waals surface area contributed by atoms with Crippen LogP contribution >= 0.6 is 0 Å². The van der Waals surface area contributed by atoms with Gasteiger partial charge in [0.15, 0.2) is 5.92 Å². The Morgan fingerprint density at radius 3 is 2.23 bits per heavy atom. The molecule has 0 spiro atoms. The number of nitrogens with zero attached hydrogens (tertiary/aromatic N) is 1. The molecule has 3 N–H and O–H groups in total. The molecule has 1 heterocycles.